The first-order valence-electron chi connectivity index (χ1n) is 16.0. The van der Waals surface area contributed by atoms with Crippen molar-refractivity contribution in [1.29, 1.82) is 5.26 Å². The van der Waals surface area contributed by atoms with Crippen LogP contribution in [0.1, 0.15) is 77.4 Å². The van der Waals surface area contributed by atoms with Gasteiger partial charge in [-0.25, -0.2) is 14.6 Å². The van der Waals surface area contributed by atoms with Crippen molar-refractivity contribution in [2.45, 2.75) is 63.2 Å². The van der Waals surface area contributed by atoms with Crippen molar-refractivity contribution in [2.24, 2.45) is 0 Å². The first kappa shape index (κ1) is 40.2. The van der Waals surface area contributed by atoms with Gasteiger partial charge in [0, 0.05) is 32.6 Å². The van der Waals surface area contributed by atoms with E-state index in [-0.39, 0.29) is 11.6 Å². The minimum Gasteiger partial charge on any atom is -0.475 e. The minimum atomic E-state index is -5.08. The van der Waals surface area contributed by atoms with Gasteiger partial charge in [-0.1, -0.05) is 24.3 Å². The summed E-state index contributed by atoms with van der Waals surface area (Å²) in [6.07, 6.45) is 0.915. The fourth-order valence-electron chi connectivity index (χ4n) is 5.76. The van der Waals surface area contributed by atoms with E-state index < -0.39 is 24.3 Å². The van der Waals surface area contributed by atoms with Crippen LogP contribution in [0.5, 0.6) is 0 Å². The maximum atomic E-state index is 12.9. The number of carbonyl (C=O) groups excluding carboxylic acids is 1. The normalized spacial score (nSPS) is 17.7. The third-order valence-corrected chi connectivity index (χ3v) is 8.46. The standard InChI is InChI=1S/C29H37N5O2.2C2HF3O2/c30-20-26-21-31-29(32-26)28(35)19-25-7-6-24(18-27(25)23-4-2-1-3-5-23)22-8-10-33(11-9-22)12-13-34-14-16-36-17-15-34;2*3-2(4,5)1(6)7/h4,6-7,18,21-22H,1-3,5,8-17,19H2,(H,31,32);2*(H,6,7). The molecule has 2 fully saturated rings. The summed E-state index contributed by atoms with van der Waals surface area (Å²) in [5.74, 6) is -4.75. The van der Waals surface area contributed by atoms with E-state index in [1.165, 1.54) is 48.6 Å². The molecule has 50 heavy (non-hydrogen) atoms. The Morgan fingerprint density at radius 1 is 0.940 bits per heavy atom. The Morgan fingerprint density at radius 2 is 1.52 bits per heavy atom. The Labute approximate surface area is 284 Å². The maximum Gasteiger partial charge on any atom is 0.490 e. The molecule has 0 atom stereocenters. The third-order valence-electron chi connectivity index (χ3n) is 8.46. The minimum absolute atomic E-state index is 0.0736. The van der Waals surface area contributed by atoms with Crippen LogP contribution in [0, 0.1) is 11.3 Å². The highest BCUT2D eigenvalue weighted by Crippen LogP contribution is 2.35. The Kier molecular flexibility index (Phi) is 15.0. The molecule has 0 unspecified atom stereocenters. The molecular weight excluding hydrogens is 676 g/mol. The molecule has 1 aliphatic carbocycles. The van der Waals surface area contributed by atoms with Crippen LogP contribution in [0.2, 0.25) is 0 Å². The number of carboxylic acids is 2. The number of aromatic nitrogens is 2. The number of piperidine rings is 1. The number of ether oxygens (including phenoxy) is 1. The van der Waals surface area contributed by atoms with Gasteiger partial charge in [-0.05, 0) is 79.8 Å². The van der Waals surface area contributed by atoms with Gasteiger partial charge >= 0.3 is 24.3 Å². The molecule has 274 valence electrons. The van der Waals surface area contributed by atoms with Gasteiger partial charge in [0.15, 0.2) is 5.82 Å². The van der Waals surface area contributed by atoms with E-state index in [9.17, 15) is 31.1 Å². The van der Waals surface area contributed by atoms with Gasteiger partial charge in [-0.2, -0.15) is 31.6 Å². The average Bonchev–Trinajstić information content (AvgIpc) is 3.58. The number of morpholine rings is 1. The van der Waals surface area contributed by atoms with Gasteiger partial charge in [0.1, 0.15) is 11.8 Å². The molecule has 1 aromatic carbocycles. The smallest absolute Gasteiger partial charge is 0.475 e. The molecule has 1 aromatic heterocycles. The van der Waals surface area contributed by atoms with E-state index in [2.05, 4.69) is 44.0 Å². The molecule has 11 nitrogen and oxygen atoms in total. The Bertz CT molecular complexity index is 1500. The molecule has 3 heterocycles. The molecule has 5 rings (SSSR count). The Balaban J connectivity index is 0.000000408. The molecule has 2 aliphatic heterocycles. The lowest BCUT2D eigenvalue weighted by Crippen LogP contribution is -2.43. The van der Waals surface area contributed by atoms with E-state index >= 15 is 0 Å². The molecule has 17 heteroatoms. The number of nitrogens with one attached hydrogen (secondary N) is 1. The van der Waals surface area contributed by atoms with Gasteiger partial charge in [-0.15, -0.1) is 0 Å². The number of likely N-dealkylation sites (tertiary alicyclic amines) is 1. The molecule has 0 amide bonds. The molecule has 2 aromatic rings. The predicted octanol–water partition coefficient (Wildman–Crippen LogP) is 5.44. The van der Waals surface area contributed by atoms with Crippen LogP contribution < -0.4 is 0 Å². The number of hydrogen-bond donors (Lipinski definition) is 3. The number of ketones is 1. The third kappa shape index (κ3) is 12.9. The van der Waals surface area contributed by atoms with Crippen molar-refractivity contribution in [3.63, 3.8) is 0 Å². The highest BCUT2D eigenvalue weighted by Gasteiger charge is 2.39. The van der Waals surface area contributed by atoms with Crippen molar-refractivity contribution >= 4 is 23.3 Å². The van der Waals surface area contributed by atoms with Gasteiger partial charge < -0.3 is 24.8 Å². The Hall–Kier alpha value is -4.27. The van der Waals surface area contributed by atoms with Crippen LogP contribution in [0.4, 0.5) is 26.3 Å². The van der Waals surface area contributed by atoms with Crippen LogP contribution in [-0.4, -0.2) is 113 Å². The van der Waals surface area contributed by atoms with Crippen molar-refractivity contribution in [3.8, 4) is 6.07 Å². The van der Waals surface area contributed by atoms with Crippen molar-refractivity contribution < 1.29 is 55.7 Å². The summed E-state index contributed by atoms with van der Waals surface area (Å²) in [6.45, 7) is 8.43. The van der Waals surface area contributed by atoms with E-state index in [1.807, 2.05) is 6.07 Å². The van der Waals surface area contributed by atoms with Gasteiger partial charge in [-0.3, -0.25) is 9.69 Å². The number of hydrogen-bond acceptors (Lipinski definition) is 8. The zero-order valence-corrected chi connectivity index (χ0v) is 27.2. The number of nitriles is 1. The number of benzene rings is 1. The van der Waals surface area contributed by atoms with Crippen LogP contribution in [0.3, 0.4) is 0 Å². The second-order valence-corrected chi connectivity index (χ2v) is 11.9. The summed E-state index contributed by atoms with van der Waals surface area (Å²) in [4.78, 5) is 42.8. The van der Waals surface area contributed by atoms with Gasteiger partial charge in [0.2, 0.25) is 5.78 Å². The number of allylic oxidation sites excluding steroid dienone is 2. The number of Topliss-reactive ketones (excluding diaryl/α,β-unsaturated/α-hetero) is 1. The highest BCUT2D eigenvalue weighted by molar-refractivity contribution is 5.95. The van der Waals surface area contributed by atoms with Crippen LogP contribution >= 0.6 is 0 Å². The average molecular weight is 716 g/mol. The zero-order chi connectivity index (χ0) is 36.9. The molecule has 3 aliphatic rings. The van der Waals surface area contributed by atoms with Crippen LogP contribution in [0.15, 0.2) is 30.5 Å². The topological polar surface area (TPSA) is 160 Å². The van der Waals surface area contributed by atoms with Crippen LogP contribution in [-0.2, 0) is 20.7 Å². The molecule has 0 radical (unpaired) electrons. The largest absolute Gasteiger partial charge is 0.490 e. The maximum absolute atomic E-state index is 12.9. The van der Waals surface area contributed by atoms with E-state index in [1.54, 1.807) is 0 Å². The molecular formula is C33H39F6N5O6. The lowest BCUT2D eigenvalue weighted by Gasteiger charge is -2.35. The number of carbonyl (C=O) groups is 3. The second kappa shape index (κ2) is 18.6. The summed E-state index contributed by atoms with van der Waals surface area (Å²) >= 11 is 0. The summed E-state index contributed by atoms with van der Waals surface area (Å²) < 4.78 is 68.9. The molecule has 0 spiro atoms. The van der Waals surface area contributed by atoms with Crippen LogP contribution in [0.25, 0.3) is 5.57 Å². The lowest BCUT2D eigenvalue weighted by molar-refractivity contribution is -0.193. The van der Waals surface area contributed by atoms with E-state index in [0.717, 1.165) is 70.9 Å². The number of aromatic amines is 1. The summed E-state index contributed by atoms with van der Waals surface area (Å²) in [7, 11) is 0. The number of halogens is 6. The first-order chi connectivity index (χ1) is 23.6. The van der Waals surface area contributed by atoms with Gasteiger partial charge in [0.25, 0.3) is 0 Å². The van der Waals surface area contributed by atoms with E-state index in [0.29, 0.717) is 18.0 Å². The van der Waals surface area contributed by atoms with E-state index in [4.69, 9.17) is 29.8 Å². The Morgan fingerprint density at radius 3 is 2.02 bits per heavy atom. The fourth-order valence-corrected chi connectivity index (χ4v) is 5.76. The van der Waals surface area contributed by atoms with Crippen molar-refractivity contribution in [2.75, 3.05) is 52.5 Å². The summed E-state index contributed by atoms with van der Waals surface area (Å²) in [5.41, 5.74) is 5.41. The van der Waals surface area contributed by atoms with Crippen molar-refractivity contribution in [1.82, 2.24) is 19.8 Å². The number of alkyl halides is 6. The summed E-state index contributed by atoms with van der Waals surface area (Å²) in [6, 6.07) is 8.79. The first-order valence-corrected chi connectivity index (χ1v) is 16.0. The van der Waals surface area contributed by atoms with Gasteiger partial charge in [0.05, 0.1) is 19.4 Å². The number of nitrogens with zero attached hydrogens (tertiary/aromatic N) is 4. The molecule has 2 saturated heterocycles. The number of imidazole rings is 1. The highest BCUT2D eigenvalue weighted by atomic mass is 19.4. The number of carboxylic acid groups (broad SMARTS) is 2. The molecule has 0 saturated carbocycles. The second-order valence-electron chi connectivity index (χ2n) is 11.9. The number of H-pyrrole nitrogens is 1. The SMILES string of the molecule is N#Cc1cnc(C(=O)Cc2ccc(C3CCN(CCN4CCOCC4)CC3)cc2C2=CCCCC2)[nH]1.O=C(O)C(F)(F)F.O=C(O)C(F)(F)F. The summed E-state index contributed by atoms with van der Waals surface area (Å²) in [5, 5.41) is 23.3. The fraction of sp³-hybridized carbons (Fsp3) is 0.545. The molecule has 3 N–H and O–H groups in total. The monoisotopic (exact) mass is 715 g/mol. The predicted molar refractivity (Wildman–Crippen MR) is 167 cm³/mol. The number of rotatable bonds is 8. The van der Waals surface area contributed by atoms with Crippen molar-refractivity contribution in [3.05, 3.63) is 58.7 Å². The quantitative estimate of drug-likeness (QED) is 0.237. The lowest BCUT2D eigenvalue weighted by atomic mass is 9.83. The molecule has 0 bridgehead atoms. The zero-order valence-electron chi connectivity index (χ0n) is 27.2. The number of aliphatic carboxylic acids is 2.